The highest BCUT2D eigenvalue weighted by Crippen LogP contribution is 2.26. The molecule has 0 bridgehead atoms. The van der Waals surface area contributed by atoms with E-state index in [-0.39, 0.29) is 0 Å². The van der Waals surface area contributed by atoms with E-state index in [9.17, 15) is 0 Å². The lowest BCUT2D eigenvalue weighted by molar-refractivity contribution is 0.530. The first kappa shape index (κ1) is 13.0. The van der Waals surface area contributed by atoms with Crippen molar-refractivity contribution in [1.29, 1.82) is 0 Å². The van der Waals surface area contributed by atoms with E-state index >= 15 is 0 Å². The predicted molar refractivity (Wildman–Crippen MR) is 66.2 cm³/mol. The first-order valence-electron chi connectivity index (χ1n) is 5.15. The van der Waals surface area contributed by atoms with Crippen LogP contribution in [-0.4, -0.2) is 0 Å². The van der Waals surface area contributed by atoms with Crippen molar-refractivity contribution in [2.24, 2.45) is 11.8 Å². The highest BCUT2D eigenvalue weighted by atomic mass is 14.2. The van der Waals surface area contributed by atoms with Crippen LogP contribution in [0.1, 0.15) is 27.7 Å². The molecule has 0 aromatic carbocycles. The monoisotopic (exact) mass is 190 g/mol. The van der Waals surface area contributed by atoms with Gasteiger partial charge in [0.2, 0.25) is 0 Å². The van der Waals surface area contributed by atoms with Crippen molar-refractivity contribution in [3.05, 3.63) is 48.6 Å². The second-order valence-electron chi connectivity index (χ2n) is 3.93. The molecule has 0 amide bonds. The van der Waals surface area contributed by atoms with Gasteiger partial charge in [-0.1, -0.05) is 56.9 Å². The highest BCUT2D eigenvalue weighted by Gasteiger charge is 2.14. The Morgan fingerprint density at radius 3 is 2.14 bits per heavy atom. The van der Waals surface area contributed by atoms with Crippen molar-refractivity contribution >= 4 is 0 Å². The number of allylic oxidation sites excluding steroid dienone is 6. The van der Waals surface area contributed by atoms with Crippen LogP contribution in [-0.2, 0) is 0 Å². The van der Waals surface area contributed by atoms with Crippen LogP contribution in [0.25, 0.3) is 0 Å². The van der Waals surface area contributed by atoms with Crippen LogP contribution >= 0.6 is 0 Å². The molecule has 78 valence electrons. The van der Waals surface area contributed by atoms with E-state index in [0.29, 0.717) is 11.8 Å². The van der Waals surface area contributed by atoms with E-state index < -0.39 is 0 Å². The Morgan fingerprint density at radius 1 is 1.29 bits per heavy atom. The summed E-state index contributed by atoms with van der Waals surface area (Å²) in [7, 11) is 0. The molecule has 0 radical (unpaired) electrons. The van der Waals surface area contributed by atoms with Gasteiger partial charge in [-0.2, -0.15) is 0 Å². The van der Waals surface area contributed by atoms with Crippen LogP contribution in [0.3, 0.4) is 0 Å². The van der Waals surface area contributed by atoms with Crippen LogP contribution < -0.4 is 0 Å². The first-order valence-corrected chi connectivity index (χ1v) is 5.15. The molecule has 0 aliphatic rings. The molecule has 1 atom stereocenters. The Bertz CT molecular complexity index is 251. The van der Waals surface area contributed by atoms with E-state index in [0.717, 1.165) is 5.57 Å². The Balaban J connectivity index is 5.02. The lowest BCUT2D eigenvalue weighted by atomic mass is 9.84. The lowest BCUT2D eigenvalue weighted by Crippen LogP contribution is -2.09. The largest absolute Gasteiger partial charge is 0.0991 e. The van der Waals surface area contributed by atoms with Crippen LogP contribution in [0.2, 0.25) is 0 Å². The zero-order valence-corrected chi connectivity index (χ0v) is 9.88. The highest BCUT2D eigenvalue weighted by molar-refractivity contribution is 5.34. The van der Waals surface area contributed by atoms with Gasteiger partial charge in [-0.25, -0.2) is 0 Å². The van der Waals surface area contributed by atoms with Gasteiger partial charge >= 0.3 is 0 Å². The fraction of sp³-hybridized carbons (Fsp3) is 0.429. The maximum Gasteiger partial charge on any atom is 0.00432 e. The maximum atomic E-state index is 4.01. The second kappa shape index (κ2) is 6.42. The first-order chi connectivity index (χ1) is 6.54. The van der Waals surface area contributed by atoms with Crippen molar-refractivity contribution in [3.63, 3.8) is 0 Å². The number of hydrogen-bond acceptors (Lipinski definition) is 0. The van der Waals surface area contributed by atoms with E-state index in [1.165, 1.54) is 5.57 Å². The smallest absolute Gasteiger partial charge is 0.00432 e. The molecule has 0 heteroatoms. The molecule has 0 aliphatic carbocycles. The van der Waals surface area contributed by atoms with Crippen LogP contribution in [0, 0.1) is 11.8 Å². The number of rotatable bonds is 5. The summed E-state index contributed by atoms with van der Waals surface area (Å²) < 4.78 is 0. The number of hydrogen-bond donors (Lipinski definition) is 0. The average Bonchev–Trinajstić information content (AvgIpc) is 2.10. The van der Waals surface area contributed by atoms with E-state index in [1.54, 1.807) is 0 Å². The lowest BCUT2D eigenvalue weighted by Gasteiger charge is -2.21. The molecule has 0 rings (SSSR count). The Hall–Kier alpha value is -1.04. The van der Waals surface area contributed by atoms with Crippen molar-refractivity contribution in [2.45, 2.75) is 27.7 Å². The molecule has 0 fully saturated rings. The molecule has 0 saturated heterocycles. The summed E-state index contributed by atoms with van der Waals surface area (Å²) in [6, 6.07) is 0. The Labute approximate surface area is 88.7 Å². The quantitative estimate of drug-likeness (QED) is 0.441. The zero-order chi connectivity index (χ0) is 11.1. The summed E-state index contributed by atoms with van der Waals surface area (Å²) in [5.41, 5.74) is 2.41. The molecule has 0 aromatic rings. The molecule has 14 heavy (non-hydrogen) atoms. The Morgan fingerprint density at radius 2 is 1.86 bits per heavy atom. The topological polar surface area (TPSA) is 0 Å². The molecule has 0 saturated carbocycles. The third kappa shape index (κ3) is 3.78. The summed E-state index contributed by atoms with van der Waals surface area (Å²) in [5.74, 6) is 1.05. The standard InChI is InChI=1S/C14H22/c1-7-9-13(11(3)4)14(10-8-2)12(5)6/h7-10,12,14H,1,3H2,2,4-6H3. The molecule has 0 aliphatic heterocycles. The van der Waals surface area contributed by atoms with Crippen molar-refractivity contribution in [3.8, 4) is 0 Å². The average molecular weight is 190 g/mol. The SMILES string of the molecule is C=CC=C(C(=C)C)C(C=CC)C(C)C. The van der Waals surface area contributed by atoms with Crippen LogP contribution in [0.5, 0.6) is 0 Å². The van der Waals surface area contributed by atoms with Gasteiger partial charge in [0.05, 0.1) is 0 Å². The van der Waals surface area contributed by atoms with Crippen molar-refractivity contribution in [2.75, 3.05) is 0 Å². The summed E-state index contributed by atoms with van der Waals surface area (Å²) in [6.07, 6.45) is 8.23. The molecule has 0 aromatic heterocycles. The Kier molecular flexibility index (Phi) is 5.94. The molecule has 0 spiro atoms. The minimum absolute atomic E-state index is 0.454. The third-order valence-corrected chi connectivity index (χ3v) is 2.27. The predicted octanol–water partition coefficient (Wildman–Crippen LogP) is 4.52. The summed E-state index contributed by atoms with van der Waals surface area (Å²) in [5, 5.41) is 0. The van der Waals surface area contributed by atoms with Gasteiger partial charge in [-0.3, -0.25) is 0 Å². The van der Waals surface area contributed by atoms with Gasteiger partial charge in [-0.05, 0) is 25.3 Å². The molecule has 1 unspecified atom stereocenters. The summed E-state index contributed by atoms with van der Waals surface area (Å²) >= 11 is 0. The fourth-order valence-electron chi connectivity index (χ4n) is 1.56. The van der Waals surface area contributed by atoms with E-state index in [2.05, 4.69) is 52.2 Å². The van der Waals surface area contributed by atoms with Gasteiger partial charge < -0.3 is 0 Å². The van der Waals surface area contributed by atoms with Crippen LogP contribution in [0.4, 0.5) is 0 Å². The molecule has 0 N–H and O–H groups in total. The van der Waals surface area contributed by atoms with Gasteiger partial charge in [0.1, 0.15) is 0 Å². The zero-order valence-electron chi connectivity index (χ0n) is 9.88. The normalized spacial score (nSPS) is 14.8. The van der Waals surface area contributed by atoms with Gasteiger partial charge in [0.15, 0.2) is 0 Å². The second-order valence-corrected chi connectivity index (χ2v) is 3.93. The van der Waals surface area contributed by atoms with Crippen molar-refractivity contribution in [1.82, 2.24) is 0 Å². The van der Waals surface area contributed by atoms with E-state index in [4.69, 9.17) is 0 Å². The molecular formula is C14H22. The van der Waals surface area contributed by atoms with Gasteiger partial charge in [-0.15, -0.1) is 0 Å². The van der Waals surface area contributed by atoms with E-state index in [1.807, 2.05) is 13.0 Å². The van der Waals surface area contributed by atoms with Gasteiger partial charge in [0.25, 0.3) is 0 Å². The molecule has 0 heterocycles. The third-order valence-electron chi connectivity index (χ3n) is 2.27. The van der Waals surface area contributed by atoms with Crippen LogP contribution in [0.15, 0.2) is 48.6 Å². The van der Waals surface area contributed by atoms with Crippen molar-refractivity contribution < 1.29 is 0 Å². The molecule has 0 nitrogen and oxygen atoms in total. The summed E-state index contributed by atoms with van der Waals surface area (Å²) in [6.45, 7) is 16.3. The van der Waals surface area contributed by atoms with Gasteiger partial charge in [0, 0.05) is 5.92 Å². The fourth-order valence-corrected chi connectivity index (χ4v) is 1.56. The molecular weight excluding hydrogens is 168 g/mol. The minimum Gasteiger partial charge on any atom is -0.0991 e. The minimum atomic E-state index is 0.454. The maximum absolute atomic E-state index is 4.01. The summed E-state index contributed by atoms with van der Waals surface area (Å²) in [4.78, 5) is 0.